The summed E-state index contributed by atoms with van der Waals surface area (Å²) in [5.74, 6) is -2.86. The predicted molar refractivity (Wildman–Crippen MR) is 96.7 cm³/mol. The second kappa shape index (κ2) is 8.90. The van der Waals surface area contributed by atoms with Gasteiger partial charge < -0.3 is 15.5 Å². The Morgan fingerprint density at radius 3 is 2.50 bits per heavy atom. The van der Waals surface area contributed by atoms with Crippen LogP contribution in [0.25, 0.3) is 0 Å². The van der Waals surface area contributed by atoms with Gasteiger partial charge in [-0.25, -0.2) is 4.98 Å². The third-order valence-electron chi connectivity index (χ3n) is 5.00. The van der Waals surface area contributed by atoms with Gasteiger partial charge in [0.05, 0.1) is 17.8 Å². The molecule has 1 aromatic rings. The number of pyridine rings is 1. The highest BCUT2D eigenvalue weighted by Gasteiger charge is 2.48. The summed E-state index contributed by atoms with van der Waals surface area (Å²) in [5, 5.41) is 5.83. The number of nitrogens with zero attached hydrogens (tertiary/aromatic N) is 2. The number of piperazine rings is 1. The van der Waals surface area contributed by atoms with Crippen molar-refractivity contribution in [3.8, 4) is 0 Å². The Kier molecular flexibility index (Phi) is 7.11. The van der Waals surface area contributed by atoms with Crippen molar-refractivity contribution in [3.63, 3.8) is 0 Å². The van der Waals surface area contributed by atoms with E-state index >= 15 is 0 Å². The Balaban J connectivity index is 0.00000243. The number of aromatic nitrogens is 1. The minimum atomic E-state index is -4.33. The van der Waals surface area contributed by atoms with Crippen molar-refractivity contribution in [2.45, 2.75) is 31.9 Å². The highest BCUT2D eigenvalue weighted by Crippen LogP contribution is 2.41. The van der Waals surface area contributed by atoms with Crippen molar-refractivity contribution in [1.29, 1.82) is 0 Å². The maximum Gasteiger partial charge on any atom is 0.392 e. The van der Waals surface area contributed by atoms with E-state index in [0.29, 0.717) is 18.7 Å². The predicted octanol–water partition coefficient (Wildman–Crippen LogP) is 3.22. The molecule has 146 valence electrons. The topological polar surface area (TPSA) is 57.3 Å². The van der Waals surface area contributed by atoms with E-state index in [9.17, 15) is 18.0 Å². The van der Waals surface area contributed by atoms with E-state index < -0.39 is 23.9 Å². The van der Waals surface area contributed by atoms with Gasteiger partial charge >= 0.3 is 6.18 Å². The first kappa shape index (κ1) is 20.8. The zero-order chi connectivity index (χ0) is 17.9. The Hall–Kier alpha value is -1.54. The highest BCUT2D eigenvalue weighted by molar-refractivity contribution is 5.92. The Bertz CT molecular complexity index is 591. The van der Waals surface area contributed by atoms with Crippen molar-refractivity contribution >= 4 is 29.8 Å². The summed E-state index contributed by atoms with van der Waals surface area (Å²) < 4.78 is 39.4. The van der Waals surface area contributed by atoms with Crippen molar-refractivity contribution in [3.05, 3.63) is 18.3 Å². The lowest BCUT2D eigenvalue weighted by molar-refractivity contribution is -0.197. The van der Waals surface area contributed by atoms with Crippen LogP contribution in [0, 0.1) is 11.8 Å². The number of alkyl halides is 3. The number of amides is 1. The van der Waals surface area contributed by atoms with E-state index in [2.05, 4.69) is 20.5 Å². The van der Waals surface area contributed by atoms with E-state index in [0.717, 1.165) is 31.9 Å². The Morgan fingerprint density at radius 2 is 1.88 bits per heavy atom. The molecule has 1 aliphatic heterocycles. The lowest BCUT2D eigenvalue weighted by Crippen LogP contribution is -2.43. The van der Waals surface area contributed by atoms with Crippen LogP contribution in [0.4, 0.5) is 24.7 Å². The molecule has 2 unspecified atom stereocenters. The van der Waals surface area contributed by atoms with Crippen LogP contribution in [0.3, 0.4) is 0 Å². The molecule has 2 heterocycles. The summed E-state index contributed by atoms with van der Waals surface area (Å²) >= 11 is 0. The van der Waals surface area contributed by atoms with Gasteiger partial charge in [-0.05, 0) is 25.0 Å². The van der Waals surface area contributed by atoms with Gasteiger partial charge in [-0.15, -0.1) is 12.4 Å². The average Bonchev–Trinajstić information content (AvgIpc) is 2.62. The number of carbonyl (C=O) groups is 1. The van der Waals surface area contributed by atoms with Crippen LogP contribution in [0.1, 0.15) is 25.7 Å². The molecule has 2 aliphatic rings. The lowest BCUT2D eigenvalue weighted by atomic mass is 9.78. The summed E-state index contributed by atoms with van der Waals surface area (Å²) in [4.78, 5) is 18.7. The monoisotopic (exact) mass is 392 g/mol. The fourth-order valence-corrected chi connectivity index (χ4v) is 3.63. The van der Waals surface area contributed by atoms with Gasteiger partial charge in [-0.1, -0.05) is 12.8 Å². The molecule has 1 amide bonds. The van der Waals surface area contributed by atoms with E-state index in [1.54, 1.807) is 12.3 Å². The van der Waals surface area contributed by atoms with Crippen molar-refractivity contribution in [2.24, 2.45) is 11.8 Å². The summed E-state index contributed by atoms with van der Waals surface area (Å²) in [7, 11) is 0. The fraction of sp³-hybridized carbons (Fsp3) is 0.647. The third kappa shape index (κ3) is 5.01. The second-order valence-corrected chi connectivity index (χ2v) is 6.67. The van der Waals surface area contributed by atoms with Crippen LogP contribution in [0.15, 0.2) is 18.3 Å². The van der Waals surface area contributed by atoms with Gasteiger partial charge in [-0.3, -0.25) is 4.79 Å². The molecule has 1 aliphatic carbocycles. The second-order valence-electron chi connectivity index (χ2n) is 6.67. The zero-order valence-electron chi connectivity index (χ0n) is 14.4. The van der Waals surface area contributed by atoms with Crippen LogP contribution in [-0.2, 0) is 4.79 Å². The maximum atomic E-state index is 13.1. The van der Waals surface area contributed by atoms with Crippen LogP contribution < -0.4 is 15.5 Å². The van der Waals surface area contributed by atoms with Crippen molar-refractivity contribution in [1.82, 2.24) is 10.3 Å². The normalized spacial score (nSPS) is 23.9. The van der Waals surface area contributed by atoms with Gasteiger partial charge in [0.25, 0.3) is 0 Å². The molecular formula is C17H24ClF3N4O. The minimum absolute atomic E-state index is 0. The SMILES string of the molecule is Cl.O=C(Nc1ccc(N2CCNCC2)cn1)C1CCCCC1C(F)(F)F. The standard InChI is InChI=1S/C17H23F3N4O.ClH/c18-17(19,20)14-4-2-1-3-13(14)16(25)23-15-6-5-12(11-22-15)24-9-7-21-8-10-24;/h5-6,11,13-14,21H,1-4,7-10H2,(H,22,23,25);1H. The summed E-state index contributed by atoms with van der Waals surface area (Å²) in [6.45, 7) is 3.56. The molecule has 2 fully saturated rings. The van der Waals surface area contributed by atoms with E-state index in [4.69, 9.17) is 0 Å². The molecule has 0 radical (unpaired) electrons. The first-order chi connectivity index (χ1) is 11.9. The fourth-order valence-electron chi connectivity index (χ4n) is 3.63. The third-order valence-corrected chi connectivity index (χ3v) is 5.00. The van der Waals surface area contributed by atoms with Gasteiger partial charge in [0.15, 0.2) is 0 Å². The number of anilines is 2. The van der Waals surface area contributed by atoms with Crippen LogP contribution in [0.2, 0.25) is 0 Å². The molecule has 1 aromatic heterocycles. The highest BCUT2D eigenvalue weighted by atomic mass is 35.5. The molecule has 0 bridgehead atoms. The molecule has 0 aromatic carbocycles. The van der Waals surface area contributed by atoms with E-state index in [-0.39, 0.29) is 25.2 Å². The van der Waals surface area contributed by atoms with Gasteiger partial charge in [-0.2, -0.15) is 13.2 Å². The van der Waals surface area contributed by atoms with Gasteiger partial charge in [0.2, 0.25) is 5.91 Å². The summed E-state index contributed by atoms with van der Waals surface area (Å²) in [6, 6.07) is 3.50. The number of hydrogen-bond donors (Lipinski definition) is 2. The Labute approximate surface area is 157 Å². The summed E-state index contributed by atoms with van der Waals surface area (Å²) in [5.41, 5.74) is 0.949. The zero-order valence-corrected chi connectivity index (χ0v) is 15.2. The Morgan fingerprint density at radius 1 is 1.19 bits per heavy atom. The first-order valence-electron chi connectivity index (χ1n) is 8.74. The maximum absolute atomic E-state index is 13.1. The molecule has 3 rings (SSSR count). The van der Waals surface area contributed by atoms with Crippen molar-refractivity contribution in [2.75, 3.05) is 36.4 Å². The van der Waals surface area contributed by atoms with Gasteiger partial charge in [0.1, 0.15) is 5.82 Å². The van der Waals surface area contributed by atoms with E-state index in [1.807, 2.05) is 6.07 Å². The molecule has 5 nitrogen and oxygen atoms in total. The summed E-state index contributed by atoms with van der Waals surface area (Å²) in [6.07, 6.45) is -1.21. The first-order valence-corrected chi connectivity index (χ1v) is 8.74. The van der Waals surface area contributed by atoms with Crippen molar-refractivity contribution < 1.29 is 18.0 Å². The van der Waals surface area contributed by atoms with Crippen LogP contribution >= 0.6 is 12.4 Å². The van der Waals surface area contributed by atoms with Gasteiger partial charge in [0, 0.05) is 32.1 Å². The average molecular weight is 393 g/mol. The molecule has 9 heteroatoms. The molecule has 0 spiro atoms. The number of hydrogen-bond acceptors (Lipinski definition) is 4. The number of nitrogens with one attached hydrogen (secondary N) is 2. The number of halogens is 4. The molecule has 1 saturated heterocycles. The van der Waals surface area contributed by atoms with E-state index in [1.165, 1.54) is 0 Å². The molecule has 1 saturated carbocycles. The molecular weight excluding hydrogens is 369 g/mol. The smallest absolute Gasteiger partial charge is 0.368 e. The lowest BCUT2D eigenvalue weighted by Gasteiger charge is -2.32. The molecule has 26 heavy (non-hydrogen) atoms. The molecule has 2 atom stereocenters. The van der Waals surface area contributed by atoms with Crippen LogP contribution in [-0.4, -0.2) is 43.2 Å². The number of carbonyl (C=O) groups excluding carboxylic acids is 1. The largest absolute Gasteiger partial charge is 0.392 e. The number of rotatable bonds is 3. The quantitative estimate of drug-likeness (QED) is 0.829. The minimum Gasteiger partial charge on any atom is -0.368 e. The van der Waals surface area contributed by atoms with Crippen LogP contribution in [0.5, 0.6) is 0 Å². The molecule has 2 N–H and O–H groups in total.